The number of hydrogen-bond donors (Lipinski definition) is 0. The van der Waals surface area contributed by atoms with Crippen LogP contribution >= 0.6 is 11.3 Å². The Morgan fingerprint density at radius 3 is 2.36 bits per heavy atom. The van der Waals surface area contributed by atoms with Crippen LogP contribution in [-0.4, -0.2) is 41.5 Å². The van der Waals surface area contributed by atoms with Gasteiger partial charge in [-0.3, -0.25) is 19.0 Å². The van der Waals surface area contributed by atoms with E-state index in [1.807, 2.05) is 112 Å². The van der Waals surface area contributed by atoms with Crippen LogP contribution in [0.1, 0.15) is 43.5 Å². The predicted molar refractivity (Wildman–Crippen MR) is 185 cm³/mol. The van der Waals surface area contributed by atoms with Crippen molar-refractivity contribution in [3.8, 4) is 5.75 Å². The number of hydrogen-bond acceptors (Lipinski definition) is 6. The summed E-state index contributed by atoms with van der Waals surface area (Å²) in [5.41, 5.74) is 4.07. The van der Waals surface area contributed by atoms with Crippen molar-refractivity contribution in [2.24, 2.45) is 4.99 Å². The molecule has 9 heteroatoms. The first-order valence-corrected chi connectivity index (χ1v) is 16.5. The van der Waals surface area contributed by atoms with E-state index < -0.39 is 6.04 Å². The number of rotatable bonds is 7. The second-order valence-corrected chi connectivity index (χ2v) is 12.5. The fourth-order valence-corrected chi connectivity index (χ4v) is 7.89. The summed E-state index contributed by atoms with van der Waals surface area (Å²) in [4.78, 5) is 52.2. The van der Waals surface area contributed by atoms with Crippen LogP contribution in [0.2, 0.25) is 0 Å². The van der Waals surface area contributed by atoms with E-state index in [1.165, 1.54) is 11.3 Å². The molecule has 1 atom stereocenters. The van der Waals surface area contributed by atoms with E-state index in [0.717, 1.165) is 22.0 Å². The first-order chi connectivity index (χ1) is 22.9. The molecular weight excluding hydrogens is 609 g/mol. The van der Waals surface area contributed by atoms with Crippen molar-refractivity contribution in [2.45, 2.75) is 33.4 Å². The number of ether oxygens (including phenoxy) is 1. The van der Waals surface area contributed by atoms with E-state index in [1.54, 1.807) is 21.5 Å². The van der Waals surface area contributed by atoms with Crippen molar-refractivity contribution in [1.82, 2.24) is 9.47 Å². The summed E-state index contributed by atoms with van der Waals surface area (Å²) in [6.07, 6.45) is 0. The maximum Gasteiger partial charge on any atom is 0.271 e. The number of anilines is 1. The van der Waals surface area contributed by atoms with Gasteiger partial charge in [-0.2, -0.15) is 0 Å². The quantitative estimate of drug-likeness (QED) is 0.245. The summed E-state index contributed by atoms with van der Waals surface area (Å²) < 4.78 is 7.81. The van der Waals surface area contributed by atoms with Gasteiger partial charge in [0.25, 0.3) is 17.4 Å². The molecule has 0 fully saturated rings. The highest BCUT2D eigenvalue weighted by molar-refractivity contribution is 7.07. The Morgan fingerprint density at radius 2 is 1.62 bits per heavy atom. The molecule has 0 radical (unpaired) electrons. The number of carbonyl (C=O) groups is 2. The van der Waals surface area contributed by atoms with Crippen LogP contribution in [0.15, 0.2) is 112 Å². The third kappa shape index (κ3) is 4.89. The molecule has 0 N–H and O–H groups in total. The van der Waals surface area contributed by atoms with Gasteiger partial charge in [0.05, 0.1) is 36.2 Å². The molecule has 5 aromatic rings. The second kappa shape index (κ2) is 12.1. The number of amides is 2. The minimum Gasteiger partial charge on any atom is -0.496 e. The van der Waals surface area contributed by atoms with Gasteiger partial charge in [0.15, 0.2) is 4.80 Å². The van der Waals surface area contributed by atoms with Gasteiger partial charge in [0, 0.05) is 24.2 Å². The number of methoxy groups -OCH3 is 1. The van der Waals surface area contributed by atoms with Crippen molar-refractivity contribution in [3.05, 3.63) is 139 Å². The van der Waals surface area contributed by atoms with Gasteiger partial charge >= 0.3 is 0 Å². The van der Waals surface area contributed by atoms with Crippen LogP contribution in [0, 0.1) is 0 Å². The molecule has 4 aromatic carbocycles. The maximum absolute atomic E-state index is 14.9. The summed E-state index contributed by atoms with van der Waals surface area (Å²) >= 11 is 1.19. The largest absolute Gasteiger partial charge is 0.496 e. The Morgan fingerprint density at radius 1 is 0.915 bits per heavy atom. The Kier molecular flexibility index (Phi) is 7.85. The zero-order valence-corrected chi connectivity index (χ0v) is 27.5. The van der Waals surface area contributed by atoms with Gasteiger partial charge in [-0.25, -0.2) is 4.99 Å². The van der Waals surface area contributed by atoms with E-state index in [2.05, 4.69) is 0 Å². The molecule has 47 heavy (non-hydrogen) atoms. The fourth-order valence-electron chi connectivity index (χ4n) is 6.76. The van der Waals surface area contributed by atoms with E-state index in [9.17, 15) is 14.4 Å². The third-order valence-corrected chi connectivity index (χ3v) is 10.1. The minimum absolute atomic E-state index is 0.189. The predicted octanol–water partition coefficient (Wildman–Crippen LogP) is 5.18. The molecule has 0 aliphatic carbocycles. The molecule has 1 aromatic heterocycles. The lowest BCUT2D eigenvalue weighted by Crippen LogP contribution is -2.43. The SMILES string of the molecule is CCN(CC)C(=O)C1=C(C)N=c2s/c(=C3/C(=O)N(Cc4ccccc4)c4ccccc43)c(=O)n2[C@@H]1c1c(OC)ccc2ccccc12. The van der Waals surface area contributed by atoms with Gasteiger partial charge in [-0.15, -0.1) is 0 Å². The molecule has 0 saturated heterocycles. The second-order valence-electron chi connectivity index (χ2n) is 11.6. The highest BCUT2D eigenvalue weighted by Crippen LogP contribution is 2.41. The van der Waals surface area contributed by atoms with Crippen molar-refractivity contribution < 1.29 is 14.3 Å². The van der Waals surface area contributed by atoms with Crippen LogP contribution in [0.4, 0.5) is 5.69 Å². The fraction of sp³-hybridized carbons (Fsp3) is 0.211. The molecule has 0 unspecified atom stereocenters. The molecule has 0 spiro atoms. The summed E-state index contributed by atoms with van der Waals surface area (Å²) in [6, 6.07) is 28.3. The molecule has 2 aliphatic heterocycles. The van der Waals surface area contributed by atoms with E-state index >= 15 is 0 Å². The maximum atomic E-state index is 14.9. The molecular formula is C38H34N4O4S. The molecule has 3 heterocycles. The Labute approximate surface area is 276 Å². The normalized spacial score (nSPS) is 16.6. The van der Waals surface area contributed by atoms with Gasteiger partial charge in [-0.05, 0) is 49.2 Å². The summed E-state index contributed by atoms with van der Waals surface area (Å²) in [7, 11) is 1.59. The van der Waals surface area contributed by atoms with Crippen LogP contribution in [0.5, 0.6) is 5.75 Å². The first-order valence-electron chi connectivity index (χ1n) is 15.7. The topological polar surface area (TPSA) is 84.2 Å². The molecule has 0 saturated carbocycles. The monoisotopic (exact) mass is 642 g/mol. The van der Waals surface area contributed by atoms with Crippen molar-refractivity contribution in [1.29, 1.82) is 0 Å². The van der Waals surface area contributed by atoms with Crippen molar-refractivity contribution in [2.75, 3.05) is 25.1 Å². The highest BCUT2D eigenvalue weighted by Gasteiger charge is 2.39. The van der Waals surface area contributed by atoms with Gasteiger partial charge in [-0.1, -0.05) is 90.2 Å². The van der Waals surface area contributed by atoms with Gasteiger partial charge in [0.1, 0.15) is 16.3 Å². The van der Waals surface area contributed by atoms with Crippen LogP contribution < -0.4 is 24.5 Å². The average molecular weight is 643 g/mol. The smallest absolute Gasteiger partial charge is 0.271 e. The van der Waals surface area contributed by atoms with Crippen LogP contribution in [0.3, 0.4) is 0 Å². The zero-order chi connectivity index (χ0) is 32.8. The first kappa shape index (κ1) is 30.4. The molecule has 0 bridgehead atoms. The molecule has 2 amide bonds. The van der Waals surface area contributed by atoms with E-state index in [0.29, 0.717) is 62.7 Å². The lowest BCUT2D eigenvalue weighted by atomic mass is 9.90. The minimum atomic E-state index is -0.832. The van der Waals surface area contributed by atoms with Gasteiger partial charge in [0.2, 0.25) is 0 Å². The van der Waals surface area contributed by atoms with E-state index in [4.69, 9.17) is 9.73 Å². The summed E-state index contributed by atoms with van der Waals surface area (Å²) in [5, 5.41) is 1.82. The number of benzene rings is 4. The van der Waals surface area contributed by atoms with Crippen molar-refractivity contribution in [3.63, 3.8) is 0 Å². The lowest BCUT2D eigenvalue weighted by molar-refractivity contribution is -0.127. The number of nitrogens with zero attached hydrogens (tertiary/aromatic N) is 4. The van der Waals surface area contributed by atoms with E-state index in [-0.39, 0.29) is 17.4 Å². The standard InChI is InChI=1S/C38H34N4O4S/c1-5-40(6-2)35(43)30-23(3)39-38-42(33(30)31-26-17-11-10-16-25(26)20-21-29(31)46-4)37(45)34(47-38)32-27-18-12-13-19-28(27)41(36(32)44)22-24-14-8-7-9-15-24/h7-21,33H,5-6,22H2,1-4H3/b34-32+/t33-/m0/s1. The number of para-hydroxylation sites is 1. The van der Waals surface area contributed by atoms with Crippen molar-refractivity contribution >= 4 is 45.2 Å². The number of fused-ring (bicyclic) bond motifs is 3. The van der Waals surface area contributed by atoms with Gasteiger partial charge < -0.3 is 14.5 Å². The Hall–Kier alpha value is -5.28. The third-order valence-electron chi connectivity index (χ3n) is 9.04. The van der Waals surface area contributed by atoms with Crippen LogP contribution in [-0.2, 0) is 16.1 Å². The lowest BCUT2D eigenvalue weighted by Gasteiger charge is -2.30. The number of allylic oxidation sites excluding steroid dienone is 1. The average Bonchev–Trinajstić information content (AvgIpc) is 3.56. The Bertz CT molecular complexity index is 2280. The highest BCUT2D eigenvalue weighted by atomic mass is 32.1. The Balaban J connectivity index is 1.52. The molecule has 2 aliphatic rings. The molecule has 8 nitrogen and oxygen atoms in total. The number of aromatic nitrogens is 1. The number of carbonyl (C=O) groups excluding carboxylic acids is 2. The van der Waals surface area contributed by atoms with Crippen LogP contribution in [0.25, 0.3) is 16.3 Å². The zero-order valence-electron chi connectivity index (χ0n) is 26.7. The summed E-state index contributed by atoms with van der Waals surface area (Å²) in [6.45, 7) is 7.07. The molecule has 236 valence electrons. The molecule has 7 rings (SSSR count). The number of likely N-dealkylation sites (N-methyl/N-ethyl adjacent to an activating group) is 1. The summed E-state index contributed by atoms with van der Waals surface area (Å²) in [5.74, 6) is 0.128. The number of thiazole rings is 1.